The highest BCUT2D eigenvalue weighted by Crippen LogP contribution is 2.29. The number of nitrogens with zero attached hydrogens (tertiary/aromatic N) is 2. The van der Waals surface area contributed by atoms with Crippen molar-refractivity contribution in [3.8, 4) is 5.75 Å². The van der Waals surface area contributed by atoms with Crippen molar-refractivity contribution in [3.63, 3.8) is 0 Å². The molecule has 0 bridgehead atoms. The zero-order valence-corrected chi connectivity index (χ0v) is 10.4. The number of phenolic OH excluding ortho intramolecular Hbond substituents is 1. The first-order valence-corrected chi connectivity index (χ1v) is 6.28. The highest BCUT2D eigenvalue weighted by Gasteiger charge is 2.23. The quantitative estimate of drug-likeness (QED) is 0.843. The Hall–Kier alpha value is -1.81. The standard InChI is InChI=1S/C14H17N3O/c1-15-11-5-7-17(9-11)14-13-8-12(18)3-2-10(13)4-6-16-14/h2-4,6,8,11,15,18H,5,7,9H2,1H3. The number of rotatable bonds is 2. The molecule has 0 radical (unpaired) electrons. The van der Waals surface area contributed by atoms with E-state index in [4.69, 9.17) is 0 Å². The number of anilines is 1. The lowest BCUT2D eigenvalue weighted by atomic mass is 10.1. The summed E-state index contributed by atoms with van der Waals surface area (Å²) < 4.78 is 0. The summed E-state index contributed by atoms with van der Waals surface area (Å²) in [6.07, 6.45) is 2.97. The normalized spacial score (nSPS) is 19.6. The van der Waals surface area contributed by atoms with Crippen molar-refractivity contribution in [1.82, 2.24) is 10.3 Å². The van der Waals surface area contributed by atoms with Gasteiger partial charge in [-0.1, -0.05) is 6.07 Å². The number of hydrogen-bond acceptors (Lipinski definition) is 4. The van der Waals surface area contributed by atoms with Gasteiger partial charge in [0.05, 0.1) is 0 Å². The maximum Gasteiger partial charge on any atom is 0.136 e. The van der Waals surface area contributed by atoms with Crippen LogP contribution in [-0.2, 0) is 0 Å². The zero-order valence-electron chi connectivity index (χ0n) is 10.4. The number of aromatic nitrogens is 1. The minimum atomic E-state index is 0.293. The Morgan fingerprint density at radius 2 is 2.28 bits per heavy atom. The van der Waals surface area contributed by atoms with Gasteiger partial charge in [-0.2, -0.15) is 0 Å². The minimum absolute atomic E-state index is 0.293. The van der Waals surface area contributed by atoms with Gasteiger partial charge in [0, 0.05) is 30.7 Å². The van der Waals surface area contributed by atoms with E-state index in [9.17, 15) is 5.11 Å². The van der Waals surface area contributed by atoms with Crippen LogP contribution >= 0.6 is 0 Å². The first-order valence-electron chi connectivity index (χ1n) is 6.28. The Balaban J connectivity index is 2.04. The number of pyridine rings is 1. The van der Waals surface area contributed by atoms with Crippen LogP contribution in [-0.4, -0.2) is 36.3 Å². The molecule has 0 spiro atoms. The summed E-state index contributed by atoms with van der Waals surface area (Å²) in [5, 5.41) is 15.1. The molecular formula is C14H17N3O. The largest absolute Gasteiger partial charge is 0.508 e. The van der Waals surface area contributed by atoms with Gasteiger partial charge in [0.15, 0.2) is 0 Å². The molecule has 0 aliphatic carbocycles. The number of aromatic hydroxyl groups is 1. The predicted octanol–water partition coefficient (Wildman–Crippen LogP) is 1.74. The Morgan fingerprint density at radius 3 is 3.06 bits per heavy atom. The lowest BCUT2D eigenvalue weighted by Gasteiger charge is -2.19. The van der Waals surface area contributed by atoms with Crippen LogP contribution < -0.4 is 10.2 Å². The monoisotopic (exact) mass is 243 g/mol. The summed E-state index contributed by atoms with van der Waals surface area (Å²) in [5.74, 6) is 1.27. The van der Waals surface area contributed by atoms with Crippen LogP contribution in [0.1, 0.15) is 6.42 Å². The third-order valence-electron chi connectivity index (χ3n) is 3.62. The molecule has 1 saturated heterocycles. The van der Waals surface area contributed by atoms with Crippen LogP contribution in [0, 0.1) is 0 Å². The molecule has 0 amide bonds. The molecule has 3 rings (SSSR count). The molecule has 1 fully saturated rings. The van der Waals surface area contributed by atoms with Crippen LogP contribution in [0.2, 0.25) is 0 Å². The van der Waals surface area contributed by atoms with Gasteiger partial charge in [0.25, 0.3) is 0 Å². The van der Waals surface area contributed by atoms with Crippen LogP contribution in [0.5, 0.6) is 5.75 Å². The predicted molar refractivity (Wildman–Crippen MR) is 73.1 cm³/mol. The van der Waals surface area contributed by atoms with E-state index >= 15 is 0 Å². The molecule has 4 heteroatoms. The van der Waals surface area contributed by atoms with E-state index in [1.807, 2.05) is 25.4 Å². The Labute approximate surface area is 106 Å². The molecule has 1 aromatic carbocycles. The van der Waals surface area contributed by atoms with Gasteiger partial charge in [-0.3, -0.25) is 0 Å². The first kappa shape index (κ1) is 11.3. The molecule has 1 unspecified atom stereocenters. The van der Waals surface area contributed by atoms with Crippen LogP contribution in [0.15, 0.2) is 30.5 Å². The fourth-order valence-corrected chi connectivity index (χ4v) is 2.58. The van der Waals surface area contributed by atoms with Gasteiger partial charge in [0.1, 0.15) is 11.6 Å². The topological polar surface area (TPSA) is 48.4 Å². The Bertz CT molecular complexity index is 570. The number of benzene rings is 1. The number of likely N-dealkylation sites (N-methyl/N-ethyl adjacent to an activating group) is 1. The molecule has 0 saturated carbocycles. The van der Waals surface area contributed by atoms with Gasteiger partial charge in [0.2, 0.25) is 0 Å². The zero-order chi connectivity index (χ0) is 12.5. The first-order chi connectivity index (χ1) is 8.78. The van der Waals surface area contributed by atoms with Gasteiger partial charge in [-0.05, 0) is 37.1 Å². The minimum Gasteiger partial charge on any atom is -0.508 e. The summed E-state index contributed by atoms with van der Waals surface area (Å²) in [4.78, 5) is 6.77. The van der Waals surface area contributed by atoms with E-state index in [2.05, 4.69) is 15.2 Å². The van der Waals surface area contributed by atoms with Gasteiger partial charge in [-0.25, -0.2) is 4.98 Å². The summed E-state index contributed by atoms with van der Waals surface area (Å²) >= 11 is 0. The van der Waals surface area contributed by atoms with Crippen molar-refractivity contribution in [1.29, 1.82) is 0 Å². The second-order valence-corrected chi connectivity index (χ2v) is 4.76. The molecule has 1 aliphatic heterocycles. The Morgan fingerprint density at radius 1 is 1.39 bits per heavy atom. The summed E-state index contributed by atoms with van der Waals surface area (Å²) in [7, 11) is 2.00. The van der Waals surface area contributed by atoms with Gasteiger partial charge < -0.3 is 15.3 Å². The van der Waals surface area contributed by atoms with Crippen molar-refractivity contribution < 1.29 is 5.11 Å². The molecule has 18 heavy (non-hydrogen) atoms. The second-order valence-electron chi connectivity index (χ2n) is 4.76. The molecule has 1 aliphatic rings. The van der Waals surface area contributed by atoms with E-state index in [1.165, 1.54) is 0 Å². The fraction of sp³-hybridized carbons (Fsp3) is 0.357. The maximum atomic E-state index is 9.64. The molecule has 2 heterocycles. The summed E-state index contributed by atoms with van der Waals surface area (Å²) in [6.45, 7) is 1.98. The molecule has 1 atom stereocenters. The fourth-order valence-electron chi connectivity index (χ4n) is 2.58. The lowest BCUT2D eigenvalue weighted by Crippen LogP contribution is -2.29. The van der Waals surface area contributed by atoms with Crippen LogP contribution in [0.25, 0.3) is 10.8 Å². The highest BCUT2D eigenvalue weighted by molar-refractivity contribution is 5.93. The molecule has 1 aromatic heterocycles. The van der Waals surface area contributed by atoms with Gasteiger partial charge in [-0.15, -0.1) is 0 Å². The van der Waals surface area contributed by atoms with Crippen molar-refractivity contribution in [2.24, 2.45) is 0 Å². The smallest absolute Gasteiger partial charge is 0.136 e. The third-order valence-corrected chi connectivity index (χ3v) is 3.62. The number of fused-ring (bicyclic) bond motifs is 1. The van der Waals surface area contributed by atoms with Crippen molar-refractivity contribution in [2.75, 3.05) is 25.0 Å². The van der Waals surface area contributed by atoms with E-state index in [-0.39, 0.29) is 0 Å². The average molecular weight is 243 g/mol. The van der Waals surface area contributed by atoms with E-state index in [0.717, 1.165) is 36.1 Å². The lowest BCUT2D eigenvalue weighted by molar-refractivity contribution is 0.476. The van der Waals surface area contributed by atoms with Crippen molar-refractivity contribution in [3.05, 3.63) is 30.5 Å². The van der Waals surface area contributed by atoms with E-state index in [1.54, 1.807) is 12.1 Å². The van der Waals surface area contributed by atoms with E-state index in [0.29, 0.717) is 11.8 Å². The molecule has 2 N–H and O–H groups in total. The van der Waals surface area contributed by atoms with Gasteiger partial charge >= 0.3 is 0 Å². The molecule has 94 valence electrons. The summed E-state index contributed by atoms with van der Waals surface area (Å²) in [6, 6.07) is 7.95. The summed E-state index contributed by atoms with van der Waals surface area (Å²) in [5.41, 5.74) is 0. The number of nitrogens with one attached hydrogen (secondary N) is 1. The SMILES string of the molecule is CNC1CCN(c2nccc3ccc(O)cc23)C1. The second kappa shape index (κ2) is 4.46. The van der Waals surface area contributed by atoms with E-state index < -0.39 is 0 Å². The molecule has 2 aromatic rings. The number of phenols is 1. The molecule has 4 nitrogen and oxygen atoms in total. The Kier molecular flexibility index (Phi) is 2.80. The molecular weight excluding hydrogens is 226 g/mol. The number of hydrogen-bond donors (Lipinski definition) is 2. The average Bonchev–Trinajstić information content (AvgIpc) is 2.86. The third kappa shape index (κ3) is 1.88. The van der Waals surface area contributed by atoms with Crippen molar-refractivity contribution >= 4 is 16.6 Å². The highest BCUT2D eigenvalue weighted by atomic mass is 16.3. The maximum absolute atomic E-state index is 9.64. The van der Waals surface area contributed by atoms with Crippen LogP contribution in [0.3, 0.4) is 0 Å². The van der Waals surface area contributed by atoms with Crippen LogP contribution in [0.4, 0.5) is 5.82 Å². The van der Waals surface area contributed by atoms with Crippen molar-refractivity contribution in [2.45, 2.75) is 12.5 Å².